The molecule has 0 aliphatic carbocycles. The van der Waals surface area contributed by atoms with Crippen molar-refractivity contribution in [3.63, 3.8) is 0 Å². The van der Waals surface area contributed by atoms with E-state index in [1.807, 2.05) is 20.8 Å². The molecular formula is C10H19NO4. The molecule has 0 fully saturated rings. The first-order valence-electron chi connectivity index (χ1n) is 4.99. The van der Waals surface area contributed by atoms with Gasteiger partial charge in [0.05, 0.1) is 19.8 Å². The molecule has 5 nitrogen and oxygen atoms in total. The number of esters is 1. The Morgan fingerprint density at radius 3 is 2.33 bits per heavy atom. The topological polar surface area (TPSA) is 64.6 Å². The summed E-state index contributed by atoms with van der Waals surface area (Å²) < 4.78 is 9.51. The van der Waals surface area contributed by atoms with Gasteiger partial charge in [-0.2, -0.15) is 0 Å². The van der Waals surface area contributed by atoms with Gasteiger partial charge in [-0.05, 0) is 12.8 Å². The summed E-state index contributed by atoms with van der Waals surface area (Å²) in [5, 5.41) is 2.56. The van der Waals surface area contributed by atoms with Gasteiger partial charge < -0.3 is 14.8 Å². The second-order valence-corrected chi connectivity index (χ2v) is 3.48. The zero-order valence-corrected chi connectivity index (χ0v) is 9.70. The van der Waals surface area contributed by atoms with E-state index in [9.17, 15) is 9.59 Å². The van der Waals surface area contributed by atoms with Crippen LogP contribution in [0.4, 0.5) is 0 Å². The van der Waals surface area contributed by atoms with Crippen molar-refractivity contribution in [1.29, 1.82) is 0 Å². The van der Waals surface area contributed by atoms with Crippen LogP contribution in [0.5, 0.6) is 0 Å². The van der Waals surface area contributed by atoms with Gasteiger partial charge in [-0.15, -0.1) is 0 Å². The zero-order valence-electron chi connectivity index (χ0n) is 9.70. The quantitative estimate of drug-likeness (QED) is 0.532. The molecule has 1 atom stereocenters. The van der Waals surface area contributed by atoms with Crippen molar-refractivity contribution in [2.45, 2.75) is 26.8 Å². The van der Waals surface area contributed by atoms with E-state index in [-0.39, 0.29) is 12.0 Å². The summed E-state index contributed by atoms with van der Waals surface area (Å²) in [5.74, 6) is -1.40. The molecule has 1 amide bonds. The normalized spacial score (nSPS) is 12.3. The number of methoxy groups -OCH3 is 1. The van der Waals surface area contributed by atoms with Crippen molar-refractivity contribution in [2.75, 3.05) is 20.3 Å². The number of hydrogen-bond donors (Lipinski definition) is 1. The van der Waals surface area contributed by atoms with Crippen LogP contribution in [0.25, 0.3) is 0 Å². The van der Waals surface area contributed by atoms with E-state index in [0.29, 0.717) is 13.2 Å². The van der Waals surface area contributed by atoms with Crippen LogP contribution in [-0.4, -0.2) is 38.2 Å². The minimum Gasteiger partial charge on any atom is -0.462 e. The van der Waals surface area contributed by atoms with Gasteiger partial charge in [-0.25, -0.2) is 4.79 Å². The van der Waals surface area contributed by atoms with Crippen LogP contribution in [-0.2, 0) is 19.1 Å². The van der Waals surface area contributed by atoms with Gasteiger partial charge in [0.25, 0.3) is 0 Å². The standard InChI is InChI=1S/C10H19NO4/c1-5-15-6-8(7(2)3)11-9(12)10(13)14-4/h7-8H,5-6H2,1-4H3,(H,11,12). The van der Waals surface area contributed by atoms with Gasteiger partial charge >= 0.3 is 11.9 Å². The SMILES string of the molecule is CCOCC(NC(=O)C(=O)OC)C(C)C. The molecule has 0 aromatic carbocycles. The smallest absolute Gasteiger partial charge is 0.396 e. The van der Waals surface area contributed by atoms with Crippen LogP contribution in [0.1, 0.15) is 20.8 Å². The Morgan fingerprint density at radius 2 is 1.93 bits per heavy atom. The fourth-order valence-corrected chi connectivity index (χ4v) is 0.966. The van der Waals surface area contributed by atoms with E-state index in [0.717, 1.165) is 0 Å². The van der Waals surface area contributed by atoms with Crippen LogP contribution < -0.4 is 5.32 Å². The molecule has 0 saturated carbocycles. The molecule has 0 aromatic rings. The molecule has 0 saturated heterocycles. The van der Waals surface area contributed by atoms with Crippen molar-refractivity contribution in [3.05, 3.63) is 0 Å². The van der Waals surface area contributed by atoms with Crippen LogP contribution in [0.15, 0.2) is 0 Å². The van der Waals surface area contributed by atoms with Gasteiger partial charge in [0.15, 0.2) is 0 Å². The summed E-state index contributed by atoms with van der Waals surface area (Å²) in [6.07, 6.45) is 0. The summed E-state index contributed by atoms with van der Waals surface area (Å²) in [7, 11) is 1.18. The van der Waals surface area contributed by atoms with E-state index < -0.39 is 11.9 Å². The van der Waals surface area contributed by atoms with E-state index in [1.54, 1.807) is 0 Å². The number of hydrogen-bond acceptors (Lipinski definition) is 4. The number of carbonyl (C=O) groups excluding carboxylic acids is 2. The van der Waals surface area contributed by atoms with E-state index in [1.165, 1.54) is 7.11 Å². The van der Waals surface area contributed by atoms with Crippen molar-refractivity contribution < 1.29 is 19.1 Å². The third-order valence-electron chi connectivity index (χ3n) is 1.99. The van der Waals surface area contributed by atoms with Crippen molar-refractivity contribution in [1.82, 2.24) is 5.32 Å². The molecule has 0 aliphatic heterocycles. The Labute approximate surface area is 90.1 Å². The Kier molecular flexibility index (Phi) is 6.70. The number of amides is 1. The van der Waals surface area contributed by atoms with Crippen LogP contribution >= 0.6 is 0 Å². The van der Waals surface area contributed by atoms with Gasteiger partial charge in [-0.3, -0.25) is 4.79 Å². The number of nitrogens with one attached hydrogen (secondary N) is 1. The summed E-state index contributed by atoms with van der Waals surface area (Å²) >= 11 is 0. The zero-order chi connectivity index (χ0) is 11.8. The lowest BCUT2D eigenvalue weighted by Crippen LogP contribution is -2.45. The highest BCUT2D eigenvalue weighted by Crippen LogP contribution is 2.02. The summed E-state index contributed by atoms with van der Waals surface area (Å²) in [6, 6.07) is -0.170. The second kappa shape index (κ2) is 7.23. The molecular weight excluding hydrogens is 198 g/mol. The first-order chi connectivity index (χ1) is 7.02. The van der Waals surface area contributed by atoms with Gasteiger partial charge in [0, 0.05) is 6.61 Å². The molecule has 5 heteroatoms. The third-order valence-corrected chi connectivity index (χ3v) is 1.99. The lowest BCUT2D eigenvalue weighted by molar-refractivity contribution is -0.153. The maximum absolute atomic E-state index is 11.2. The van der Waals surface area contributed by atoms with Crippen LogP contribution in [0.2, 0.25) is 0 Å². The van der Waals surface area contributed by atoms with Crippen LogP contribution in [0, 0.1) is 5.92 Å². The predicted octanol–water partition coefficient (Wildman–Crippen LogP) is 0.337. The van der Waals surface area contributed by atoms with Crippen LogP contribution in [0.3, 0.4) is 0 Å². The fourth-order valence-electron chi connectivity index (χ4n) is 0.966. The molecule has 0 aromatic heterocycles. The molecule has 1 unspecified atom stereocenters. The number of carbonyl (C=O) groups is 2. The Morgan fingerprint density at radius 1 is 1.33 bits per heavy atom. The molecule has 0 rings (SSSR count). The largest absolute Gasteiger partial charge is 0.462 e. The van der Waals surface area contributed by atoms with Gasteiger partial charge in [-0.1, -0.05) is 13.8 Å². The fraction of sp³-hybridized carbons (Fsp3) is 0.800. The highest BCUT2D eigenvalue weighted by molar-refractivity contribution is 6.32. The van der Waals surface area contributed by atoms with Crippen molar-refractivity contribution in [3.8, 4) is 0 Å². The molecule has 0 spiro atoms. The molecule has 0 radical (unpaired) electrons. The Balaban J connectivity index is 4.16. The average molecular weight is 217 g/mol. The Bertz CT molecular complexity index is 215. The minimum atomic E-state index is -0.878. The number of rotatable bonds is 5. The molecule has 0 aliphatic rings. The summed E-state index contributed by atoms with van der Waals surface area (Å²) in [6.45, 7) is 6.75. The predicted molar refractivity (Wildman–Crippen MR) is 55.3 cm³/mol. The summed E-state index contributed by atoms with van der Waals surface area (Å²) in [5.41, 5.74) is 0. The van der Waals surface area contributed by atoms with Crippen molar-refractivity contribution >= 4 is 11.9 Å². The Hall–Kier alpha value is -1.10. The molecule has 0 heterocycles. The third kappa shape index (κ3) is 5.37. The highest BCUT2D eigenvalue weighted by Gasteiger charge is 2.21. The summed E-state index contributed by atoms with van der Waals surface area (Å²) in [4.78, 5) is 22.1. The van der Waals surface area contributed by atoms with E-state index >= 15 is 0 Å². The molecule has 0 bridgehead atoms. The number of ether oxygens (including phenoxy) is 2. The molecule has 15 heavy (non-hydrogen) atoms. The highest BCUT2D eigenvalue weighted by atomic mass is 16.5. The average Bonchev–Trinajstić information content (AvgIpc) is 2.22. The second-order valence-electron chi connectivity index (χ2n) is 3.48. The van der Waals surface area contributed by atoms with E-state index in [4.69, 9.17) is 4.74 Å². The van der Waals surface area contributed by atoms with Gasteiger partial charge in [0.1, 0.15) is 0 Å². The molecule has 88 valence electrons. The van der Waals surface area contributed by atoms with Crippen molar-refractivity contribution in [2.24, 2.45) is 5.92 Å². The lowest BCUT2D eigenvalue weighted by atomic mass is 10.1. The minimum absolute atomic E-state index is 0.170. The first kappa shape index (κ1) is 13.9. The monoisotopic (exact) mass is 217 g/mol. The van der Waals surface area contributed by atoms with Gasteiger partial charge in [0.2, 0.25) is 0 Å². The maximum Gasteiger partial charge on any atom is 0.396 e. The van der Waals surface area contributed by atoms with E-state index in [2.05, 4.69) is 10.1 Å². The first-order valence-corrected chi connectivity index (χ1v) is 4.99. The molecule has 1 N–H and O–H groups in total. The maximum atomic E-state index is 11.2. The lowest BCUT2D eigenvalue weighted by Gasteiger charge is -2.21.